The largest absolute Gasteiger partial charge is 0.505 e. The molecule has 0 spiro atoms. The summed E-state index contributed by atoms with van der Waals surface area (Å²) < 4.78 is 0. The highest BCUT2D eigenvalue weighted by Crippen LogP contribution is 2.35. The first kappa shape index (κ1) is 14.9. The van der Waals surface area contributed by atoms with Gasteiger partial charge in [-0.25, -0.2) is 4.98 Å². The van der Waals surface area contributed by atoms with Crippen molar-refractivity contribution in [2.45, 2.75) is 0 Å². The van der Waals surface area contributed by atoms with E-state index >= 15 is 0 Å². The van der Waals surface area contributed by atoms with E-state index in [4.69, 9.17) is 17.3 Å². The minimum atomic E-state index is -0.640. The number of nitrogens with zero attached hydrogens (tertiary/aromatic N) is 3. The van der Waals surface area contributed by atoms with Crippen LogP contribution in [0.4, 0.5) is 11.5 Å². The molecule has 1 amide bonds. The number of carbonyl (C=O) groups is 1. The number of amides is 1. The molecule has 2 aromatic carbocycles. The Morgan fingerprint density at radius 2 is 1.91 bits per heavy atom. The van der Waals surface area contributed by atoms with E-state index in [-0.39, 0.29) is 28.0 Å². The van der Waals surface area contributed by atoms with Crippen molar-refractivity contribution >= 4 is 39.8 Å². The second-order valence-corrected chi connectivity index (χ2v) is 5.14. The van der Waals surface area contributed by atoms with Gasteiger partial charge in [0.1, 0.15) is 10.8 Å². The van der Waals surface area contributed by atoms with Crippen molar-refractivity contribution < 1.29 is 9.90 Å². The Morgan fingerprint density at radius 1 is 1.13 bits per heavy atom. The summed E-state index contributed by atoms with van der Waals surface area (Å²) in [6, 6.07) is 13.5. The monoisotopic (exact) mass is 326 g/mol. The smallest absolute Gasteiger partial charge is 0.248 e. The van der Waals surface area contributed by atoms with Crippen LogP contribution in [0.3, 0.4) is 0 Å². The van der Waals surface area contributed by atoms with Gasteiger partial charge in [-0.3, -0.25) is 4.79 Å². The summed E-state index contributed by atoms with van der Waals surface area (Å²) in [7, 11) is 0. The van der Waals surface area contributed by atoms with Gasteiger partial charge >= 0.3 is 0 Å². The first-order chi connectivity index (χ1) is 11.0. The SMILES string of the molecule is NC(=O)c1cc(Cl)nc(N=Nc2ccc3ccccc3c2O)c1. The minimum Gasteiger partial charge on any atom is -0.505 e. The molecular formula is C16H11ClN4O2. The zero-order valence-corrected chi connectivity index (χ0v) is 12.5. The second kappa shape index (κ2) is 6.02. The van der Waals surface area contributed by atoms with E-state index < -0.39 is 5.91 Å². The maximum atomic E-state index is 11.2. The molecular weight excluding hydrogens is 316 g/mol. The molecule has 0 bridgehead atoms. The third kappa shape index (κ3) is 3.12. The number of pyridine rings is 1. The van der Waals surface area contributed by atoms with Crippen LogP contribution >= 0.6 is 11.6 Å². The average Bonchev–Trinajstić information content (AvgIpc) is 2.54. The van der Waals surface area contributed by atoms with Crippen LogP contribution < -0.4 is 5.73 Å². The molecule has 0 aliphatic rings. The van der Waals surface area contributed by atoms with Crippen molar-refractivity contribution in [2.75, 3.05) is 0 Å². The highest BCUT2D eigenvalue weighted by atomic mass is 35.5. The van der Waals surface area contributed by atoms with E-state index in [2.05, 4.69) is 15.2 Å². The van der Waals surface area contributed by atoms with Crippen LogP contribution in [-0.4, -0.2) is 16.0 Å². The van der Waals surface area contributed by atoms with Gasteiger partial charge in [0, 0.05) is 10.9 Å². The molecule has 0 saturated carbocycles. The second-order valence-electron chi connectivity index (χ2n) is 4.76. The molecule has 23 heavy (non-hydrogen) atoms. The zero-order chi connectivity index (χ0) is 16.4. The lowest BCUT2D eigenvalue weighted by Crippen LogP contribution is -2.10. The van der Waals surface area contributed by atoms with Gasteiger partial charge in [0.25, 0.3) is 0 Å². The van der Waals surface area contributed by atoms with E-state index in [0.717, 1.165) is 5.39 Å². The van der Waals surface area contributed by atoms with Crippen molar-refractivity contribution in [3.8, 4) is 5.75 Å². The number of halogens is 1. The lowest BCUT2D eigenvalue weighted by molar-refractivity contribution is 0.1000. The van der Waals surface area contributed by atoms with Crippen LogP contribution in [0, 0.1) is 0 Å². The van der Waals surface area contributed by atoms with Gasteiger partial charge in [-0.05, 0) is 23.6 Å². The highest BCUT2D eigenvalue weighted by molar-refractivity contribution is 6.29. The van der Waals surface area contributed by atoms with Gasteiger partial charge in [0.2, 0.25) is 5.91 Å². The lowest BCUT2D eigenvalue weighted by Gasteiger charge is -2.03. The summed E-state index contributed by atoms with van der Waals surface area (Å²) in [5.74, 6) is -0.498. The summed E-state index contributed by atoms with van der Waals surface area (Å²) in [6.07, 6.45) is 0. The minimum absolute atomic E-state index is 0.0176. The maximum Gasteiger partial charge on any atom is 0.248 e. The summed E-state index contributed by atoms with van der Waals surface area (Å²) in [4.78, 5) is 15.1. The van der Waals surface area contributed by atoms with E-state index in [9.17, 15) is 9.90 Å². The molecule has 7 heteroatoms. The summed E-state index contributed by atoms with van der Waals surface area (Å²) in [5, 5.41) is 19.8. The Balaban J connectivity index is 2.00. The molecule has 0 aliphatic carbocycles. The molecule has 6 nitrogen and oxygen atoms in total. The Morgan fingerprint density at radius 3 is 2.70 bits per heavy atom. The molecule has 0 radical (unpaired) electrons. The summed E-state index contributed by atoms with van der Waals surface area (Å²) in [5.41, 5.74) is 5.67. The van der Waals surface area contributed by atoms with Crippen LogP contribution in [0.2, 0.25) is 5.15 Å². The number of primary amides is 1. The maximum absolute atomic E-state index is 11.2. The van der Waals surface area contributed by atoms with Crippen molar-refractivity contribution in [3.05, 3.63) is 59.2 Å². The molecule has 3 N–H and O–H groups in total. The van der Waals surface area contributed by atoms with Gasteiger partial charge in [0.05, 0.1) is 0 Å². The fourth-order valence-electron chi connectivity index (χ4n) is 2.11. The number of rotatable bonds is 3. The molecule has 1 heterocycles. The Kier molecular flexibility index (Phi) is 3.91. The van der Waals surface area contributed by atoms with Gasteiger partial charge in [-0.2, -0.15) is 0 Å². The molecule has 0 atom stereocenters. The van der Waals surface area contributed by atoms with Gasteiger partial charge in [0.15, 0.2) is 11.6 Å². The normalized spacial score (nSPS) is 11.2. The number of aromatic hydroxyl groups is 1. The number of phenolic OH excluding ortho intramolecular Hbond substituents is 1. The molecule has 1 aromatic heterocycles. The molecule has 0 saturated heterocycles. The first-order valence-electron chi connectivity index (χ1n) is 6.64. The van der Waals surface area contributed by atoms with E-state index in [1.807, 2.05) is 24.3 Å². The van der Waals surface area contributed by atoms with Crippen molar-refractivity contribution in [2.24, 2.45) is 16.0 Å². The predicted octanol–water partition coefficient (Wildman–Crippen LogP) is 4.11. The van der Waals surface area contributed by atoms with E-state index in [1.165, 1.54) is 12.1 Å². The number of aromatic nitrogens is 1. The van der Waals surface area contributed by atoms with Crippen molar-refractivity contribution in [1.82, 2.24) is 4.98 Å². The number of carbonyl (C=O) groups excluding carboxylic acids is 1. The topological polar surface area (TPSA) is 101 Å². The Bertz CT molecular complexity index is 941. The average molecular weight is 327 g/mol. The molecule has 3 rings (SSSR count). The third-order valence-corrected chi connectivity index (χ3v) is 3.40. The third-order valence-electron chi connectivity index (χ3n) is 3.20. The number of hydrogen-bond donors (Lipinski definition) is 2. The number of benzene rings is 2. The Hall–Kier alpha value is -2.99. The van der Waals surface area contributed by atoms with Crippen molar-refractivity contribution in [1.29, 1.82) is 0 Å². The first-order valence-corrected chi connectivity index (χ1v) is 7.02. The number of phenols is 1. The molecule has 0 aliphatic heterocycles. The fraction of sp³-hybridized carbons (Fsp3) is 0. The van der Waals surface area contributed by atoms with Crippen LogP contribution in [0.25, 0.3) is 10.8 Å². The standard InChI is InChI=1S/C16H11ClN4O2/c17-13-7-10(16(18)23)8-14(19-13)21-20-12-6-5-9-3-1-2-4-11(9)15(12)22/h1-8,22H,(H2,18,23). The van der Waals surface area contributed by atoms with Crippen LogP contribution in [0.15, 0.2) is 58.8 Å². The van der Waals surface area contributed by atoms with Gasteiger partial charge < -0.3 is 10.8 Å². The number of azo groups is 1. The molecule has 114 valence electrons. The predicted molar refractivity (Wildman–Crippen MR) is 87.6 cm³/mol. The fourth-order valence-corrected chi connectivity index (χ4v) is 2.31. The van der Waals surface area contributed by atoms with Gasteiger partial charge in [-0.1, -0.05) is 41.9 Å². The summed E-state index contributed by atoms with van der Waals surface area (Å²) in [6.45, 7) is 0. The van der Waals surface area contributed by atoms with Crippen LogP contribution in [-0.2, 0) is 0 Å². The van der Waals surface area contributed by atoms with Crippen LogP contribution in [0.5, 0.6) is 5.75 Å². The highest BCUT2D eigenvalue weighted by Gasteiger charge is 2.07. The molecule has 3 aromatic rings. The lowest BCUT2D eigenvalue weighted by atomic mass is 10.1. The van der Waals surface area contributed by atoms with E-state index in [0.29, 0.717) is 5.39 Å². The Labute approximate surface area is 136 Å². The quantitative estimate of drug-likeness (QED) is 0.559. The summed E-state index contributed by atoms with van der Waals surface area (Å²) >= 11 is 5.82. The molecule has 0 unspecified atom stereocenters. The number of fused-ring (bicyclic) bond motifs is 1. The zero-order valence-electron chi connectivity index (χ0n) is 11.8. The number of nitrogens with two attached hydrogens (primary N) is 1. The van der Waals surface area contributed by atoms with E-state index in [1.54, 1.807) is 12.1 Å². The van der Waals surface area contributed by atoms with Crippen molar-refractivity contribution in [3.63, 3.8) is 0 Å². The number of hydrogen-bond acceptors (Lipinski definition) is 5. The molecule has 0 fully saturated rings. The van der Waals surface area contributed by atoms with Crippen LogP contribution in [0.1, 0.15) is 10.4 Å². The van der Waals surface area contributed by atoms with Gasteiger partial charge in [-0.15, -0.1) is 10.2 Å².